The fourth-order valence-electron chi connectivity index (χ4n) is 1.92. The van der Waals surface area contributed by atoms with Crippen LogP contribution in [-0.2, 0) is 4.74 Å². The molecule has 112 valence electrons. The first kappa shape index (κ1) is 16.5. The van der Waals surface area contributed by atoms with Gasteiger partial charge >= 0.3 is 6.09 Å². The van der Waals surface area contributed by atoms with E-state index >= 15 is 0 Å². The number of piperazine rings is 1. The molecule has 1 aliphatic rings. The van der Waals surface area contributed by atoms with Crippen LogP contribution in [0, 0.1) is 0 Å². The van der Waals surface area contributed by atoms with Gasteiger partial charge in [-0.05, 0) is 26.8 Å². The zero-order valence-corrected chi connectivity index (χ0v) is 12.9. The summed E-state index contributed by atoms with van der Waals surface area (Å²) in [6.45, 7) is 8.45. The molecule has 1 amide bonds. The molecular formula is C13H21ClN4O2. The SMILES string of the molecule is CC(C)(C)OC(=O)N1CCN(c2ccncn2)CC1.Cl. The van der Waals surface area contributed by atoms with Gasteiger partial charge in [-0.15, -0.1) is 12.4 Å². The van der Waals surface area contributed by atoms with Gasteiger partial charge in [-0.1, -0.05) is 0 Å². The standard InChI is InChI=1S/C13H20N4O2.ClH/c1-13(2,3)19-12(18)17-8-6-16(7-9-17)11-4-5-14-10-15-11;/h4-5,10H,6-9H2,1-3H3;1H. The zero-order valence-electron chi connectivity index (χ0n) is 12.1. The Balaban J connectivity index is 0.00000200. The van der Waals surface area contributed by atoms with E-state index in [-0.39, 0.29) is 18.5 Å². The smallest absolute Gasteiger partial charge is 0.410 e. The normalized spacial score (nSPS) is 15.6. The largest absolute Gasteiger partial charge is 0.444 e. The zero-order chi connectivity index (χ0) is 13.9. The van der Waals surface area contributed by atoms with Gasteiger partial charge in [-0.25, -0.2) is 14.8 Å². The van der Waals surface area contributed by atoms with Gasteiger partial charge in [0.05, 0.1) is 0 Å². The summed E-state index contributed by atoms with van der Waals surface area (Å²) < 4.78 is 5.36. The number of anilines is 1. The number of carbonyl (C=O) groups excluding carboxylic acids is 1. The Morgan fingerprint density at radius 1 is 1.25 bits per heavy atom. The molecule has 1 saturated heterocycles. The molecule has 2 heterocycles. The molecule has 1 aliphatic heterocycles. The minimum atomic E-state index is -0.444. The second kappa shape index (κ2) is 6.74. The lowest BCUT2D eigenvalue weighted by atomic mass is 10.2. The van der Waals surface area contributed by atoms with Crippen molar-refractivity contribution in [3.63, 3.8) is 0 Å². The summed E-state index contributed by atoms with van der Waals surface area (Å²) in [4.78, 5) is 23.9. The van der Waals surface area contributed by atoms with E-state index in [1.807, 2.05) is 26.8 Å². The van der Waals surface area contributed by atoms with E-state index in [2.05, 4.69) is 14.9 Å². The fraction of sp³-hybridized carbons (Fsp3) is 0.615. The van der Waals surface area contributed by atoms with E-state index in [1.54, 1.807) is 11.1 Å². The van der Waals surface area contributed by atoms with Gasteiger partial charge in [-0.2, -0.15) is 0 Å². The molecule has 1 aromatic heterocycles. The molecule has 0 unspecified atom stereocenters. The molecule has 20 heavy (non-hydrogen) atoms. The first-order valence-electron chi connectivity index (χ1n) is 6.44. The summed E-state index contributed by atoms with van der Waals surface area (Å²) in [7, 11) is 0. The van der Waals surface area contributed by atoms with E-state index in [1.165, 1.54) is 6.33 Å². The number of rotatable bonds is 1. The van der Waals surface area contributed by atoms with Crippen LogP contribution < -0.4 is 4.90 Å². The highest BCUT2D eigenvalue weighted by atomic mass is 35.5. The maximum absolute atomic E-state index is 11.9. The van der Waals surface area contributed by atoms with Gasteiger partial charge in [-0.3, -0.25) is 0 Å². The lowest BCUT2D eigenvalue weighted by Gasteiger charge is -2.36. The van der Waals surface area contributed by atoms with Crippen LogP contribution in [0.4, 0.5) is 10.6 Å². The third-order valence-electron chi connectivity index (χ3n) is 2.82. The van der Waals surface area contributed by atoms with E-state index in [0.717, 1.165) is 18.9 Å². The monoisotopic (exact) mass is 300 g/mol. The Morgan fingerprint density at radius 3 is 2.40 bits per heavy atom. The fourth-order valence-corrected chi connectivity index (χ4v) is 1.92. The van der Waals surface area contributed by atoms with Crippen molar-refractivity contribution in [2.45, 2.75) is 26.4 Å². The molecule has 2 rings (SSSR count). The number of hydrogen-bond acceptors (Lipinski definition) is 5. The summed E-state index contributed by atoms with van der Waals surface area (Å²) >= 11 is 0. The number of nitrogens with zero attached hydrogens (tertiary/aromatic N) is 4. The lowest BCUT2D eigenvalue weighted by Crippen LogP contribution is -2.50. The molecule has 7 heteroatoms. The molecule has 0 atom stereocenters. The van der Waals surface area contributed by atoms with Crippen LogP contribution in [0.2, 0.25) is 0 Å². The van der Waals surface area contributed by atoms with Crippen molar-refractivity contribution in [1.29, 1.82) is 0 Å². The molecule has 0 radical (unpaired) electrons. The third kappa shape index (κ3) is 4.52. The van der Waals surface area contributed by atoms with Crippen LogP contribution in [-0.4, -0.2) is 52.7 Å². The van der Waals surface area contributed by atoms with E-state index in [9.17, 15) is 4.79 Å². The summed E-state index contributed by atoms with van der Waals surface area (Å²) in [5, 5.41) is 0. The average Bonchev–Trinajstić information content (AvgIpc) is 2.38. The van der Waals surface area contributed by atoms with Crippen molar-refractivity contribution >= 4 is 24.3 Å². The minimum Gasteiger partial charge on any atom is -0.444 e. The minimum absolute atomic E-state index is 0. The van der Waals surface area contributed by atoms with Crippen LogP contribution in [0.25, 0.3) is 0 Å². The molecular weight excluding hydrogens is 280 g/mol. The maximum atomic E-state index is 11.9. The van der Waals surface area contributed by atoms with Crippen molar-refractivity contribution < 1.29 is 9.53 Å². The van der Waals surface area contributed by atoms with Gasteiger partial charge in [0.2, 0.25) is 0 Å². The van der Waals surface area contributed by atoms with Gasteiger partial charge in [0, 0.05) is 32.4 Å². The van der Waals surface area contributed by atoms with E-state index < -0.39 is 5.60 Å². The molecule has 0 aromatic carbocycles. The first-order valence-corrected chi connectivity index (χ1v) is 6.44. The summed E-state index contributed by atoms with van der Waals surface area (Å²) in [6, 6.07) is 1.88. The number of halogens is 1. The lowest BCUT2D eigenvalue weighted by molar-refractivity contribution is 0.0240. The molecule has 0 aliphatic carbocycles. The summed E-state index contributed by atoms with van der Waals surface area (Å²) in [6.07, 6.45) is 3.02. The topological polar surface area (TPSA) is 58.6 Å². The number of aromatic nitrogens is 2. The van der Waals surface area contributed by atoms with Crippen LogP contribution in [0.15, 0.2) is 18.6 Å². The highest BCUT2D eigenvalue weighted by molar-refractivity contribution is 5.85. The molecule has 0 N–H and O–H groups in total. The third-order valence-corrected chi connectivity index (χ3v) is 2.82. The van der Waals surface area contributed by atoms with Crippen LogP contribution in [0.3, 0.4) is 0 Å². The Hall–Kier alpha value is -1.56. The Bertz CT molecular complexity index is 428. The van der Waals surface area contributed by atoms with Gasteiger partial charge in [0.15, 0.2) is 0 Å². The summed E-state index contributed by atoms with van der Waals surface area (Å²) in [5.41, 5.74) is -0.444. The molecule has 1 aromatic rings. The van der Waals surface area contributed by atoms with Gasteiger partial charge in [0.25, 0.3) is 0 Å². The Morgan fingerprint density at radius 2 is 1.90 bits per heavy atom. The molecule has 0 bridgehead atoms. The van der Waals surface area contributed by atoms with Crippen LogP contribution in [0.1, 0.15) is 20.8 Å². The van der Waals surface area contributed by atoms with Crippen LogP contribution in [0.5, 0.6) is 0 Å². The van der Waals surface area contributed by atoms with Crippen molar-refractivity contribution in [1.82, 2.24) is 14.9 Å². The molecule has 6 nitrogen and oxygen atoms in total. The Labute approximate surface area is 125 Å². The first-order chi connectivity index (χ1) is 8.96. The number of ether oxygens (including phenoxy) is 1. The predicted molar refractivity (Wildman–Crippen MR) is 79.3 cm³/mol. The van der Waals surface area contributed by atoms with Crippen LogP contribution >= 0.6 is 12.4 Å². The second-order valence-corrected chi connectivity index (χ2v) is 5.52. The maximum Gasteiger partial charge on any atom is 0.410 e. The predicted octanol–water partition coefficient (Wildman–Crippen LogP) is 1.96. The van der Waals surface area contributed by atoms with Gasteiger partial charge in [0.1, 0.15) is 17.7 Å². The highest BCUT2D eigenvalue weighted by Crippen LogP contribution is 2.15. The van der Waals surface area contributed by atoms with Crippen molar-refractivity contribution in [3.05, 3.63) is 18.6 Å². The average molecular weight is 301 g/mol. The highest BCUT2D eigenvalue weighted by Gasteiger charge is 2.26. The van der Waals surface area contributed by atoms with Crippen molar-refractivity contribution in [2.75, 3.05) is 31.1 Å². The number of amides is 1. The van der Waals surface area contributed by atoms with E-state index in [4.69, 9.17) is 4.74 Å². The quantitative estimate of drug-likeness (QED) is 0.793. The van der Waals surface area contributed by atoms with Crippen molar-refractivity contribution in [2.24, 2.45) is 0 Å². The second-order valence-electron chi connectivity index (χ2n) is 5.52. The molecule has 0 saturated carbocycles. The number of hydrogen-bond donors (Lipinski definition) is 0. The van der Waals surface area contributed by atoms with Crippen molar-refractivity contribution in [3.8, 4) is 0 Å². The number of carbonyl (C=O) groups is 1. The molecule has 1 fully saturated rings. The Kier molecular flexibility index (Phi) is 5.56. The molecule has 0 spiro atoms. The van der Waals surface area contributed by atoms with E-state index in [0.29, 0.717) is 13.1 Å². The summed E-state index contributed by atoms with van der Waals surface area (Å²) in [5.74, 6) is 0.902. The van der Waals surface area contributed by atoms with Gasteiger partial charge < -0.3 is 14.5 Å².